The maximum atomic E-state index is 12.9. The van der Waals surface area contributed by atoms with Crippen LogP contribution in [0.15, 0.2) is 0 Å². The first-order valence-electron chi connectivity index (χ1n) is 9.19. The van der Waals surface area contributed by atoms with E-state index in [1.165, 1.54) is 44.6 Å². The number of amides is 1. The molecule has 1 unspecified atom stereocenters. The Morgan fingerprint density at radius 1 is 1.22 bits per heavy atom. The minimum absolute atomic E-state index is 0.177. The summed E-state index contributed by atoms with van der Waals surface area (Å²) < 4.78 is 5.76. The summed E-state index contributed by atoms with van der Waals surface area (Å²) in [6.07, 6.45) is 7.39. The molecule has 4 nitrogen and oxygen atoms in total. The van der Waals surface area contributed by atoms with Crippen LogP contribution in [0, 0.1) is 11.3 Å². The van der Waals surface area contributed by atoms with Gasteiger partial charge in [0, 0.05) is 19.0 Å². The highest BCUT2D eigenvalue weighted by molar-refractivity contribution is 7.98. The van der Waals surface area contributed by atoms with Crippen molar-refractivity contribution in [1.82, 2.24) is 9.80 Å². The van der Waals surface area contributed by atoms with Crippen molar-refractivity contribution in [3.8, 4) is 0 Å². The van der Waals surface area contributed by atoms with Gasteiger partial charge in [0.1, 0.15) is 0 Å². The van der Waals surface area contributed by atoms with Crippen molar-refractivity contribution in [3.63, 3.8) is 0 Å². The zero-order valence-corrected chi connectivity index (χ0v) is 15.7. The molecule has 1 aliphatic carbocycles. The van der Waals surface area contributed by atoms with Crippen LogP contribution in [-0.2, 0) is 9.53 Å². The topological polar surface area (TPSA) is 32.8 Å². The second-order valence-corrected chi connectivity index (χ2v) is 8.79. The fourth-order valence-corrected chi connectivity index (χ4v) is 4.90. The van der Waals surface area contributed by atoms with Crippen LogP contribution in [-0.4, -0.2) is 72.6 Å². The monoisotopic (exact) mass is 340 g/mol. The number of rotatable bonds is 5. The smallest absolute Gasteiger partial charge is 0.226 e. The number of morpholine rings is 1. The maximum absolute atomic E-state index is 12.9. The molecule has 0 aromatic heterocycles. The molecule has 0 N–H and O–H groups in total. The van der Waals surface area contributed by atoms with E-state index in [1.54, 1.807) is 0 Å². The number of carbonyl (C=O) groups excluding carboxylic acids is 1. The summed E-state index contributed by atoms with van der Waals surface area (Å²) in [5, 5.41) is 0. The molecule has 3 aliphatic rings. The molecule has 0 aromatic rings. The summed E-state index contributed by atoms with van der Waals surface area (Å²) in [4.78, 5) is 17.5. The maximum Gasteiger partial charge on any atom is 0.226 e. The van der Waals surface area contributed by atoms with Crippen molar-refractivity contribution in [2.45, 2.75) is 51.7 Å². The van der Waals surface area contributed by atoms with Gasteiger partial charge in [0.15, 0.2) is 0 Å². The Hall–Kier alpha value is -0.260. The molecule has 1 amide bonds. The van der Waals surface area contributed by atoms with E-state index in [0.29, 0.717) is 17.2 Å². The molecule has 0 bridgehead atoms. The summed E-state index contributed by atoms with van der Waals surface area (Å²) >= 11 is 1.94. The number of piperidine rings is 1. The van der Waals surface area contributed by atoms with E-state index in [9.17, 15) is 4.79 Å². The third-order valence-corrected chi connectivity index (χ3v) is 6.59. The standard InChI is InChI=1S/C18H32N2O2S/c1-14-12-20(13-15(2)22-14)17(21)16-11-18(16)5-8-19(9-6-18)7-4-10-23-3/h14-16H,4-13H2,1-3H3/t14-,15+,16?. The van der Waals surface area contributed by atoms with Gasteiger partial charge in [-0.25, -0.2) is 0 Å². The van der Waals surface area contributed by atoms with Gasteiger partial charge in [-0.2, -0.15) is 11.8 Å². The third kappa shape index (κ3) is 4.05. The summed E-state index contributed by atoms with van der Waals surface area (Å²) in [5.74, 6) is 1.96. The van der Waals surface area contributed by atoms with Crippen molar-refractivity contribution in [1.29, 1.82) is 0 Å². The fraction of sp³-hybridized carbons (Fsp3) is 0.944. The molecule has 1 spiro atoms. The molecule has 0 radical (unpaired) electrons. The van der Waals surface area contributed by atoms with Crippen LogP contribution in [0.25, 0.3) is 0 Å². The van der Waals surface area contributed by atoms with Crippen LogP contribution in [0.2, 0.25) is 0 Å². The Morgan fingerprint density at radius 3 is 2.48 bits per heavy atom. The zero-order chi connectivity index (χ0) is 16.4. The van der Waals surface area contributed by atoms with E-state index < -0.39 is 0 Å². The summed E-state index contributed by atoms with van der Waals surface area (Å²) in [6.45, 7) is 9.31. The highest BCUT2D eigenvalue weighted by Crippen LogP contribution is 2.60. The summed E-state index contributed by atoms with van der Waals surface area (Å²) in [5.41, 5.74) is 0.345. The SMILES string of the molecule is CSCCCN1CCC2(CC1)CC2C(=O)N1C[C@@H](C)O[C@@H](C)C1. The van der Waals surface area contributed by atoms with Crippen LogP contribution in [0.4, 0.5) is 0 Å². The van der Waals surface area contributed by atoms with E-state index in [4.69, 9.17) is 4.74 Å². The van der Waals surface area contributed by atoms with Crippen LogP contribution in [0.1, 0.15) is 39.5 Å². The number of hydrogen-bond acceptors (Lipinski definition) is 4. The van der Waals surface area contributed by atoms with Gasteiger partial charge in [0.05, 0.1) is 12.2 Å². The average Bonchev–Trinajstić information content (AvgIpc) is 3.22. The van der Waals surface area contributed by atoms with E-state index in [0.717, 1.165) is 19.5 Å². The lowest BCUT2D eigenvalue weighted by Gasteiger charge is -2.37. The van der Waals surface area contributed by atoms with Gasteiger partial charge >= 0.3 is 0 Å². The summed E-state index contributed by atoms with van der Waals surface area (Å²) in [6, 6.07) is 0. The van der Waals surface area contributed by atoms with E-state index in [-0.39, 0.29) is 12.2 Å². The number of ether oxygens (including phenoxy) is 1. The van der Waals surface area contributed by atoms with Gasteiger partial charge in [-0.05, 0) is 76.6 Å². The first-order valence-corrected chi connectivity index (χ1v) is 10.6. The molecule has 3 fully saturated rings. The van der Waals surface area contributed by atoms with Gasteiger partial charge in [0.2, 0.25) is 5.91 Å². The molecule has 2 saturated heterocycles. The average molecular weight is 341 g/mol. The number of hydrogen-bond donors (Lipinski definition) is 0. The molecule has 3 rings (SSSR count). The Kier molecular flexibility index (Phi) is 5.59. The van der Waals surface area contributed by atoms with Gasteiger partial charge in [-0.15, -0.1) is 0 Å². The van der Waals surface area contributed by atoms with E-state index in [2.05, 4.69) is 29.9 Å². The first-order chi connectivity index (χ1) is 11.0. The quantitative estimate of drug-likeness (QED) is 0.720. The molecule has 1 saturated carbocycles. The van der Waals surface area contributed by atoms with Crippen LogP contribution in [0.5, 0.6) is 0 Å². The second kappa shape index (κ2) is 7.32. The third-order valence-electron chi connectivity index (χ3n) is 5.89. The minimum atomic E-state index is 0.177. The van der Waals surface area contributed by atoms with E-state index in [1.807, 2.05) is 11.8 Å². The number of likely N-dealkylation sites (tertiary alicyclic amines) is 1. The molecule has 0 aromatic carbocycles. The van der Waals surface area contributed by atoms with Crippen LogP contribution in [0.3, 0.4) is 0 Å². The van der Waals surface area contributed by atoms with Crippen molar-refractivity contribution < 1.29 is 9.53 Å². The lowest BCUT2D eigenvalue weighted by Crippen LogP contribution is -2.49. The molecule has 2 heterocycles. The minimum Gasteiger partial charge on any atom is -0.372 e. The van der Waals surface area contributed by atoms with Crippen LogP contribution >= 0.6 is 11.8 Å². The molecule has 5 heteroatoms. The van der Waals surface area contributed by atoms with Crippen molar-refractivity contribution >= 4 is 17.7 Å². The second-order valence-electron chi connectivity index (χ2n) is 7.81. The Morgan fingerprint density at radius 2 is 1.87 bits per heavy atom. The molecule has 3 atom stereocenters. The predicted molar refractivity (Wildman–Crippen MR) is 95.8 cm³/mol. The molecule has 2 aliphatic heterocycles. The first kappa shape index (κ1) is 17.6. The van der Waals surface area contributed by atoms with Crippen molar-refractivity contribution in [2.75, 3.05) is 44.7 Å². The van der Waals surface area contributed by atoms with Gasteiger partial charge in [0.25, 0.3) is 0 Å². The Bertz CT molecular complexity index is 413. The molecule has 23 heavy (non-hydrogen) atoms. The van der Waals surface area contributed by atoms with Crippen molar-refractivity contribution in [3.05, 3.63) is 0 Å². The molecular formula is C18H32N2O2S. The fourth-order valence-electron chi connectivity index (χ4n) is 4.48. The Balaban J connectivity index is 1.46. The van der Waals surface area contributed by atoms with Gasteiger partial charge in [-0.1, -0.05) is 0 Å². The van der Waals surface area contributed by atoms with Crippen LogP contribution < -0.4 is 0 Å². The number of carbonyl (C=O) groups is 1. The molecular weight excluding hydrogens is 308 g/mol. The Labute approximate surface area is 145 Å². The molecule has 132 valence electrons. The van der Waals surface area contributed by atoms with E-state index >= 15 is 0 Å². The normalized spacial score (nSPS) is 33.9. The largest absolute Gasteiger partial charge is 0.372 e. The van der Waals surface area contributed by atoms with Gasteiger partial charge in [-0.3, -0.25) is 4.79 Å². The predicted octanol–water partition coefficient (Wildman–Crippen LogP) is 2.48. The lowest BCUT2D eigenvalue weighted by atomic mass is 9.90. The van der Waals surface area contributed by atoms with Crippen molar-refractivity contribution in [2.24, 2.45) is 11.3 Å². The number of thioether (sulfide) groups is 1. The number of nitrogens with zero attached hydrogens (tertiary/aromatic N) is 2. The lowest BCUT2D eigenvalue weighted by molar-refractivity contribution is -0.145. The highest BCUT2D eigenvalue weighted by Gasteiger charge is 2.59. The summed E-state index contributed by atoms with van der Waals surface area (Å²) in [7, 11) is 0. The zero-order valence-electron chi connectivity index (χ0n) is 14.9. The highest BCUT2D eigenvalue weighted by atomic mass is 32.2. The van der Waals surface area contributed by atoms with Gasteiger partial charge < -0.3 is 14.5 Å².